The first-order valence-electron chi connectivity index (χ1n) is 5.00. The fraction of sp³-hybridized carbons (Fsp3) is 0.700. The number of aryl methyl sites for hydroxylation is 1. The predicted molar refractivity (Wildman–Crippen MR) is 69.4 cm³/mol. The molecule has 1 unspecified atom stereocenters. The maximum Gasteiger partial charge on any atom is 0.0855 e. The molecule has 1 aromatic rings. The van der Waals surface area contributed by atoms with Crippen LogP contribution in [0.4, 0.5) is 0 Å². The third-order valence-electron chi connectivity index (χ3n) is 2.23. The molecule has 0 bridgehead atoms. The summed E-state index contributed by atoms with van der Waals surface area (Å²) in [7, 11) is 0. The fourth-order valence-corrected chi connectivity index (χ4v) is 2.21. The number of nitrogens with zero attached hydrogens (tertiary/aromatic N) is 3. The highest BCUT2D eigenvalue weighted by molar-refractivity contribution is 14.2. The molecule has 3 nitrogen and oxygen atoms in total. The molecule has 0 aromatic carbocycles. The van der Waals surface area contributed by atoms with E-state index in [1.165, 1.54) is 17.3 Å². The minimum Gasteiger partial charge on any atom is -0.252 e. The molecule has 0 radical (unpaired) electrons. The lowest BCUT2D eigenvalue weighted by molar-refractivity contribution is 0.630. The second-order valence-electron chi connectivity index (χ2n) is 3.47. The highest BCUT2D eigenvalue weighted by Crippen LogP contribution is 2.17. The summed E-state index contributed by atoms with van der Waals surface area (Å²) in [5, 5.41) is 8.31. The zero-order chi connectivity index (χ0) is 10.4. The Labute approximate surface area is 95.6 Å². The number of rotatable bonds is 6. The summed E-state index contributed by atoms with van der Waals surface area (Å²) < 4.78 is 7.06. The average Bonchev–Trinajstić information content (AvgIpc) is 2.63. The van der Waals surface area contributed by atoms with Crippen molar-refractivity contribution < 1.29 is 0 Å². The van der Waals surface area contributed by atoms with E-state index in [-0.39, 0.29) is 20.7 Å². The summed E-state index contributed by atoms with van der Waals surface area (Å²) in [6.07, 6.45) is 4.49. The number of alkyl halides is 1. The van der Waals surface area contributed by atoms with Crippen LogP contribution in [-0.2, 0) is 6.54 Å². The fourth-order valence-electron chi connectivity index (χ4n) is 1.38. The molecule has 0 aliphatic carbocycles. The van der Waals surface area contributed by atoms with Crippen LogP contribution in [0, 0.1) is 0 Å². The lowest BCUT2D eigenvalue weighted by Crippen LogP contribution is -1.99. The van der Waals surface area contributed by atoms with Crippen LogP contribution in [0.15, 0.2) is 6.20 Å². The van der Waals surface area contributed by atoms with Crippen LogP contribution in [0.25, 0.3) is 0 Å². The summed E-state index contributed by atoms with van der Waals surface area (Å²) in [5.41, 5.74) is 1.13. The lowest BCUT2D eigenvalue weighted by atomic mass is 10.0. The smallest absolute Gasteiger partial charge is 0.0855 e. The number of hydrogen-bond donors (Lipinski definition) is 0. The molecular weight excluding hydrogens is 289 g/mol. The second-order valence-corrected chi connectivity index (χ2v) is 5.63. The minimum atomic E-state index is 0.129. The van der Waals surface area contributed by atoms with Crippen LogP contribution in [0.1, 0.15) is 38.3 Å². The maximum absolute atomic E-state index is 4.19. The van der Waals surface area contributed by atoms with E-state index in [1.807, 2.05) is 4.68 Å². The molecule has 0 spiro atoms. The van der Waals surface area contributed by atoms with E-state index in [4.69, 9.17) is 0 Å². The van der Waals surface area contributed by atoms with Gasteiger partial charge in [-0.25, -0.2) is 0 Å². The molecule has 4 heteroatoms. The zero-order valence-corrected chi connectivity index (χ0v) is 11.1. The third-order valence-corrected chi connectivity index (χ3v) is 3.48. The van der Waals surface area contributed by atoms with Crippen molar-refractivity contribution in [2.75, 3.05) is 4.43 Å². The summed E-state index contributed by atoms with van der Waals surface area (Å²) in [6.45, 7) is 5.41. The van der Waals surface area contributed by atoms with Gasteiger partial charge in [0.25, 0.3) is 0 Å². The first-order valence-corrected chi connectivity index (χ1v) is 8.05. The monoisotopic (exact) mass is 307 g/mol. The molecule has 1 atom stereocenters. The van der Waals surface area contributed by atoms with Crippen molar-refractivity contribution in [3.05, 3.63) is 11.9 Å². The van der Waals surface area contributed by atoms with Crippen LogP contribution in [0.2, 0.25) is 0 Å². The van der Waals surface area contributed by atoms with Gasteiger partial charge in [-0.15, -0.1) is 25.8 Å². The molecule has 14 heavy (non-hydrogen) atoms. The van der Waals surface area contributed by atoms with Gasteiger partial charge >= 0.3 is 0 Å². The Morgan fingerprint density at radius 1 is 1.64 bits per heavy atom. The van der Waals surface area contributed by atoms with Crippen molar-refractivity contribution in [1.29, 1.82) is 0 Å². The zero-order valence-electron chi connectivity index (χ0n) is 8.91. The molecule has 1 rings (SSSR count). The van der Waals surface area contributed by atoms with Gasteiger partial charge < -0.3 is 0 Å². The minimum absolute atomic E-state index is 0.129. The summed E-state index contributed by atoms with van der Waals surface area (Å²) in [6, 6.07) is 0. The van der Waals surface area contributed by atoms with Crippen LogP contribution >= 0.6 is 20.7 Å². The summed E-state index contributed by atoms with van der Waals surface area (Å²) >= 11 is 0.129. The van der Waals surface area contributed by atoms with Crippen molar-refractivity contribution in [3.8, 4) is 0 Å². The highest BCUT2D eigenvalue weighted by atomic mass is 127. The van der Waals surface area contributed by atoms with Gasteiger partial charge in [-0.1, -0.05) is 30.0 Å². The Bertz CT molecular complexity index is 283. The van der Waals surface area contributed by atoms with Crippen LogP contribution < -0.4 is 0 Å². The van der Waals surface area contributed by atoms with Gasteiger partial charge in [-0.05, 0) is 6.42 Å². The van der Waals surface area contributed by atoms with E-state index in [0.29, 0.717) is 5.92 Å². The molecule has 1 heterocycles. The van der Waals surface area contributed by atoms with E-state index in [1.54, 1.807) is 0 Å². The van der Waals surface area contributed by atoms with Crippen LogP contribution in [0.3, 0.4) is 0 Å². The first kappa shape index (κ1) is 11.8. The van der Waals surface area contributed by atoms with Crippen LogP contribution in [0.5, 0.6) is 0 Å². The Kier molecular flexibility index (Phi) is 5.29. The van der Waals surface area contributed by atoms with Crippen LogP contribution in [-0.4, -0.2) is 23.9 Å². The Morgan fingerprint density at radius 2 is 2.43 bits per heavy atom. The molecule has 0 fully saturated rings. The van der Waals surface area contributed by atoms with Gasteiger partial charge in [0.05, 0.1) is 12.2 Å². The Morgan fingerprint density at radius 3 is 3.07 bits per heavy atom. The lowest BCUT2D eigenvalue weighted by Gasteiger charge is -2.03. The third kappa shape index (κ3) is 3.48. The van der Waals surface area contributed by atoms with E-state index in [2.05, 4.69) is 34.9 Å². The van der Waals surface area contributed by atoms with Gasteiger partial charge in [0.2, 0.25) is 0 Å². The molecule has 0 aliphatic heterocycles. The first-order chi connectivity index (χ1) is 6.77. The van der Waals surface area contributed by atoms with Crippen molar-refractivity contribution >= 4 is 25.2 Å². The van der Waals surface area contributed by atoms with Crippen molar-refractivity contribution in [2.45, 2.75) is 39.2 Å². The number of halogens is 1. The maximum atomic E-state index is 4.19. The second kappa shape index (κ2) is 6.27. The molecule has 0 saturated carbocycles. The van der Waals surface area contributed by atoms with Crippen molar-refractivity contribution in [1.82, 2.24) is 15.0 Å². The van der Waals surface area contributed by atoms with Gasteiger partial charge in [0.1, 0.15) is 0 Å². The van der Waals surface area contributed by atoms with Gasteiger partial charge in [-0.3, -0.25) is 4.68 Å². The van der Waals surface area contributed by atoms with E-state index in [0.717, 1.165) is 12.2 Å². The largest absolute Gasteiger partial charge is 0.252 e. The van der Waals surface area contributed by atoms with Crippen molar-refractivity contribution in [2.24, 2.45) is 0 Å². The summed E-state index contributed by atoms with van der Waals surface area (Å²) in [4.78, 5) is 0. The average molecular weight is 307 g/mol. The van der Waals surface area contributed by atoms with Gasteiger partial charge in [0, 0.05) is 16.5 Å². The number of hydrogen-bond acceptors (Lipinski definition) is 2. The normalized spacial score (nSPS) is 13.0. The molecule has 0 saturated heterocycles. The van der Waals surface area contributed by atoms with Gasteiger partial charge in [-0.2, -0.15) is 0 Å². The molecule has 0 N–H and O–H groups in total. The predicted octanol–water partition coefficient (Wildman–Crippen LogP) is 2.58. The van der Waals surface area contributed by atoms with E-state index < -0.39 is 0 Å². The topological polar surface area (TPSA) is 30.7 Å². The van der Waals surface area contributed by atoms with Crippen molar-refractivity contribution in [3.63, 3.8) is 0 Å². The van der Waals surface area contributed by atoms with Gasteiger partial charge in [0.15, 0.2) is 0 Å². The highest BCUT2D eigenvalue weighted by Gasteiger charge is 2.08. The standard InChI is InChI=1S/C10H18IN3/c1-4-5-9(2)10-8-14(13-12-10)7-6-11-3/h8-9H,3-7H2,1-2H3. The molecule has 80 valence electrons. The summed E-state index contributed by atoms with van der Waals surface area (Å²) in [5.74, 6) is 0.545. The SMILES string of the molecule is C=ICCn1cc(C(C)CCC)nn1. The molecule has 0 aliphatic rings. The molecule has 1 aromatic heterocycles. The number of aromatic nitrogens is 3. The van der Waals surface area contributed by atoms with E-state index >= 15 is 0 Å². The quantitative estimate of drug-likeness (QED) is 0.597. The molecule has 0 amide bonds. The van der Waals surface area contributed by atoms with E-state index in [9.17, 15) is 0 Å². The molecular formula is C10H18IN3. The Balaban J connectivity index is 2.53. The Hall–Kier alpha value is -0.260.